The Balaban J connectivity index is 1.44. The van der Waals surface area contributed by atoms with Crippen LogP contribution in [0.1, 0.15) is 38.7 Å². The molecule has 2 aromatic carbocycles. The molecule has 0 atom stereocenters. The lowest BCUT2D eigenvalue weighted by molar-refractivity contribution is -0.117. The van der Waals surface area contributed by atoms with Crippen LogP contribution < -0.4 is 24.8 Å². The summed E-state index contributed by atoms with van der Waals surface area (Å²) in [7, 11) is 1.60. The van der Waals surface area contributed by atoms with Crippen LogP contribution in [0.4, 0.5) is 11.4 Å². The minimum absolute atomic E-state index is 0.0438. The van der Waals surface area contributed by atoms with E-state index in [2.05, 4.69) is 29.4 Å². The summed E-state index contributed by atoms with van der Waals surface area (Å²) in [4.78, 5) is 26.2. The third-order valence-corrected chi connectivity index (χ3v) is 5.80. The summed E-state index contributed by atoms with van der Waals surface area (Å²) in [5.74, 6) is 1.95. The van der Waals surface area contributed by atoms with Crippen molar-refractivity contribution in [2.75, 3.05) is 50.6 Å². The number of likely N-dealkylation sites (N-methyl/N-ethyl adjacent to an activating group) is 1. The van der Waals surface area contributed by atoms with Crippen molar-refractivity contribution in [3.63, 3.8) is 0 Å². The highest BCUT2D eigenvalue weighted by Gasteiger charge is 2.15. The first-order valence-corrected chi connectivity index (χ1v) is 11.9. The van der Waals surface area contributed by atoms with Gasteiger partial charge in [-0.3, -0.25) is 9.59 Å². The number of fused-ring (bicyclic) bond motifs is 1. The molecule has 2 amide bonds. The minimum atomic E-state index is -0.0870. The van der Waals surface area contributed by atoms with E-state index >= 15 is 0 Å². The normalized spacial score (nSPS) is 12.6. The molecule has 0 saturated heterocycles. The molecule has 0 radical (unpaired) electrons. The number of ether oxygens (including phenoxy) is 3. The third kappa shape index (κ3) is 7.38. The fourth-order valence-electron chi connectivity index (χ4n) is 3.79. The summed E-state index contributed by atoms with van der Waals surface area (Å²) in [6.07, 6.45) is 2.13. The average molecular weight is 470 g/mol. The van der Waals surface area contributed by atoms with Crippen LogP contribution in [0.15, 0.2) is 36.4 Å². The molecule has 8 nitrogen and oxygen atoms in total. The molecule has 0 bridgehead atoms. The predicted molar refractivity (Wildman–Crippen MR) is 133 cm³/mol. The van der Waals surface area contributed by atoms with Crippen LogP contribution in [0.3, 0.4) is 0 Å². The smallest absolute Gasteiger partial charge is 0.224 e. The van der Waals surface area contributed by atoms with Crippen molar-refractivity contribution in [1.29, 1.82) is 0 Å². The van der Waals surface area contributed by atoms with E-state index in [4.69, 9.17) is 14.2 Å². The number of nitrogens with zero attached hydrogens (tertiary/aromatic N) is 1. The van der Waals surface area contributed by atoms with Crippen molar-refractivity contribution < 1.29 is 23.8 Å². The Morgan fingerprint density at radius 1 is 1.03 bits per heavy atom. The van der Waals surface area contributed by atoms with Crippen LogP contribution in [0.5, 0.6) is 17.2 Å². The van der Waals surface area contributed by atoms with Gasteiger partial charge in [0, 0.05) is 36.8 Å². The molecular weight excluding hydrogens is 434 g/mol. The van der Waals surface area contributed by atoms with E-state index in [9.17, 15) is 9.59 Å². The number of carbonyl (C=O) groups is 2. The Hall–Kier alpha value is -3.26. The van der Waals surface area contributed by atoms with Crippen molar-refractivity contribution in [3.8, 4) is 17.2 Å². The number of nitrogens with one attached hydrogen (secondary N) is 2. The number of carbonyl (C=O) groups excluding carboxylic acids is 2. The monoisotopic (exact) mass is 469 g/mol. The van der Waals surface area contributed by atoms with Crippen LogP contribution in [0.25, 0.3) is 0 Å². The van der Waals surface area contributed by atoms with Crippen molar-refractivity contribution in [2.45, 2.75) is 39.5 Å². The number of amides is 2. The maximum Gasteiger partial charge on any atom is 0.224 e. The van der Waals surface area contributed by atoms with Gasteiger partial charge in [-0.15, -0.1) is 0 Å². The molecule has 0 unspecified atom stereocenters. The highest BCUT2D eigenvalue weighted by Crippen LogP contribution is 2.30. The molecule has 1 heterocycles. The van der Waals surface area contributed by atoms with E-state index in [0.717, 1.165) is 36.6 Å². The fourth-order valence-corrected chi connectivity index (χ4v) is 3.79. The number of hydrogen-bond acceptors (Lipinski definition) is 6. The largest absolute Gasteiger partial charge is 0.494 e. The standard InChI is InChI=1S/C26H35N3O5/c1-4-29(5-2)14-16-34-24-18-20(9-12-23(24)32-3)27-25(30)7-6-15-33-21-10-11-22-19(17-21)8-13-26(31)28-22/h9-12,17-18H,4-8,13-16H2,1-3H3,(H,27,30)(H,28,31). The van der Waals surface area contributed by atoms with Gasteiger partial charge in [0.1, 0.15) is 12.4 Å². The second-order valence-corrected chi connectivity index (χ2v) is 8.11. The molecule has 0 spiro atoms. The number of hydrogen-bond donors (Lipinski definition) is 2. The topological polar surface area (TPSA) is 89.1 Å². The molecule has 2 aromatic rings. The summed E-state index contributed by atoms with van der Waals surface area (Å²) in [6.45, 7) is 8.00. The highest BCUT2D eigenvalue weighted by molar-refractivity contribution is 5.94. The van der Waals surface area contributed by atoms with Gasteiger partial charge in [0.05, 0.1) is 13.7 Å². The van der Waals surface area contributed by atoms with E-state index in [1.54, 1.807) is 25.3 Å². The molecule has 1 aliphatic rings. The molecule has 1 aliphatic heterocycles. The molecule has 3 rings (SSSR count). The van der Waals surface area contributed by atoms with Crippen LogP contribution >= 0.6 is 0 Å². The first-order chi connectivity index (χ1) is 16.5. The molecule has 8 heteroatoms. The van der Waals surface area contributed by atoms with E-state index < -0.39 is 0 Å². The molecule has 2 N–H and O–H groups in total. The van der Waals surface area contributed by atoms with Gasteiger partial charge < -0.3 is 29.7 Å². The average Bonchev–Trinajstić information content (AvgIpc) is 2.84. The number of benzene rings is 2. The molecule has 34 heavy (non-hydrogen) atoms. The van der Waals surface area contributed by atoms with Gasteiger partial charge in [-0.2, -0.15) is 0 Å². The van der Waals surface area contributed by atoms with E-state index in [0.29, 0.717) is 56.1 Å². The number of aryl methyl sites for hydroxylation is 1. The van der Waals surface area contributed by atoms with Crippen LogP contribution in [-0.2, 0) is 16.0 Å². The third-order valence-electron chi connectivity index (χ3n) is 5.80. The maximum absolute atomic E-state index is 12.4. The predicted octanol–water partition coefficient (Wildman–Crippen LogP) is 4.10. The zero-order valence-corrected chi connectivity index (χ0v) is 20.3. The number of methoxy groups -OCH3 is 1. The summed E-state index contributed by atoms with van der Waals surface area (Å²) in [5, 5.41) is 5.78. The lowest BCUT2D eigenvalue weighted by Crippen LogP contribution is -2.28. The van der Waals surface area contributed by atoms with Gasteiger partial charge in [0.25, 0.3) is 0 Å². The molecule has 0 saturated carbocycles. The first-order valence-electron chi connectivity index (χ1n) is 11.9. The number of anilines is 2. The van der Waals surface area contributed by atoms with Gasteiger partial charge in [0.15, 0.2) is 11.5 Å². The lowest BCUT2D eigenvalue weighted by Gasteiger charge is -2.19. The lowest BCUT2D eigenvalue weighted by atomic mass is 10.0. The summed E-state index contributed by atoms with van der Waals surface area (Å²) >= 11 is 0. The van der Waals surface area contributed by atoms with E-state index in [-0.39, 0.29) is 11.8 Å². The van der Waals surface area contributed by atoms with Crippen LogP contribution in [-0.4, -0.2) is 56.7 Å². The zero-order chi connectivity index (χ0) is 24.3. The molecule has 184 valence electrons. The van der Waals surface area contributed by atoms with Crippen molar-refractivity contribution >= 4 is 23.2 Å². The van der Waals surface area contributed by atoms with Gasteiger partial charge in [0.2, 0.25) is 11.8 Å². The highest BCUT2D eigenvalue weighted by atomic mass is 16.5. The fraction of sp³-hybridized carbons (Fsp3) is 0.462. The SMILES string of the molecule is CCN(CC)CCOc1cc(NC(=O)CCCOc2ccc3c(c2)CCC(=O)N3)ccc1OC. The van der Waals surface area contributed by atoms with Crippen LogP contribution in [0, 0.1) is 0 Å². The summed E-state index contributed by atoms with van der Waals surface area (Å²) < 4.78 is 17.1. The van der Waals surface area contributed by atoms with Gasteiger partial charge >= 0.3 is 0 Å². The molecular formula is C26H35N3O5. The Labute approximate surface area is 201 Å². The second-order valence-electron chi connectivity index (χ2n) is 8.11. The Kier molecular flexibility index (Phi) is 9.58. The van der Waals surface area contributed by atoms with Crippen LogP contribution in [0.2, 0.25) is 0 Å². The zero-order valence-electron chi connectivity index (χ0n) is 20.3. The first kappa shape index (κ1) is 25.4. The quantitative estimate of drug-likeness (QED) is 0.430. The van der Waals surface area contributed by atoms with Gasteiger partial charge in [-0.25, -0.2) is 0 Å². The second kappa shape index (κ2) is 12.8. The molecule has 0 aliphatic carbocycles. The van der Waals surface area contributed by atoms with E-state index in [1.165, 1.54) is 0 Å². The molecule has 0 aromatic heterocycles. The minimum Gasteiger partial charge on any atom is -0.494 e. The van der Waals surface area contributed by atoms with Gasteiger partial charge in [-0.05, 0) is 61.8 Å². The maximum atomic E-state index is 12.4. The Bertz CT molecular complexity index is 975. The Morgan fingerprint density at radius 3 is 2.62 bits per heavy atom. The van der Waals surface area contributed by atoms with Gasteiger partial charge in [-0.1, -0.05) is 13.8 Å². The van der Waals surface area contributed by atoms with E-state index in [1.807, 2.05) is 18.2 Å². The summed E-state index contributed by atoms with van der Waals surface area (Å²) in [5.41, 5.74) is 2.59. The molecule has 0 fully saturated rings. The summed E-state index contributed by atoms with van der Waals surface area (Å²) in [6, 6.07) is 11.0. The number of rotatable bonds is 13. The van der Waals surface area contributed by atoms with Crippen molar-refractivity contribution in [2.24, 2.45) is 0 Å². The van der Waals surface area contributed by atoms with Crippen molar-refractivity contribution in [3.05, 3.63) is 42.0 Å². The Morgan fingerprint density at radius 2 is 1.85 bits per heavy atom. The van der Waals surface area contributed by atoms with Crippen molar-refractivity contribution in [1.82, 2.24) is 4.90 Å².